The lowest BCUT2D eigenvalue weighted by atomic mass is 10.3. The molecule has 0 aliphatic heterocycles. The largest absolute Gasteiger partial charge is 0.435 e. The van der Waals surface area contributed by atoms with Crippen LogP contribution in [-0.4, -0.2) is 34.3 Å². The van der Waals surface area contributed by atoms with Crippen molar-refractivity contribution in [2.24, 2.45) is 14.1 Å². The van der Waals surface area contributed by atoms with Crippen LogP contribution in [0.1, 0.15) is 11.5 Å². The van der Waals surface area contributed by atoms with Crippen LogP contribution < -0.4 is 0 Å². The van der Waals surface area contributed by atoms with Crippen molar-refractivity contribution >= 4 is 0 Å². The maximum atomic E-state index is 12.8. The maximum Gasteiger partial charge on any atom is 0.435 e. The van der Waals surface area contributed by atoms with Crippen molar-refractivity contribution in [2.45, 2.75) is 13.1 Å². The van der Waals surface area contributed by atoms with Crippen LogP contribution in [-0.2, 0) is 20.3 Å². The molecule has 3 heterocycles. The van der Waals surface area contributed by atoms with Gasteiger partial charge in [0.25, 0.3) is 0 Å². The molecule has 3 aromatic heterocycles. The lowest BCUT2D eigenvalue weighted by Crippen LogP contribution is -2.08. The first-order chi connectivity index (χ1) is 10.3. The summed E-state index contributed by atoms with van der Waals surface area (Å²) < 4.78 is 42.6. The Balaban J connectivity index is 2.18. The van der Waals surface area contributed by atoms with Gasteiger partial charge in [-0.25, -0.2) is 4.98 Å². The van der Waals surface area contributed by atoms with Crippen LogP contribution in [0, 0.1) is 6.92 Å². The van der Waals surface area contributed by atoms with Gasteiger partial charge in [0.15, 0.2) is 17.3 Å². The van der Waals surface area contributed by atoms with Crippen molar-refractivity contribution in [3.05, 3.63) is 29.8 Å². The Morgan fingerprint density at radius 3 is 2.36 bits per heavy atom. The SMILES string of the molecule is Cc1nc(-c2cc(C(F)(F)F)nn2C)n(-c2ccnn2C)n1. The summed E-state index contributed by atoms with van der Waals surface area (Å²) in [4.78, 5) is 4.22. The Kier molecular flexibility index (Phi) is 3.04. The number of rotatable bonds is 2. The normalized spacial score (nSPS) is 12.1. The molecule has 3 aromatic rings. The van der Waals surface area contributed by atoms with Crippen molar-refractivity contribution in [1.29, 1.82) is 0 Å². The number of aromatic nitrogens is 7. The molecule has 0 fully saturated rings. The van der Waals surface area contributed by atoms with Crippen LogP contribution in [0.3, 0.4) is 0 Å². The van der Waals surface area contributed by atoms with Gasteiger partial charge in [-0.3, -0.25) is 9.36 Å². The molecular weight excluding hydrogens is 299 g/mol. The average molecular weight is 311 g/mol. The molecule has 3 rings (SSSR count). The molecule has 0 amide bonds. The van der Waals surface area contributed by atoms with Gasteiger partial charge in [0.1, 0.15) is 11.5 Å². The quantitative estimate of drug-likeness (QED) is 0.723. The summed E-state index contributed by atoms with van der Waals surface area (Å²) in [7, 11) is 3.14. The Morgan fingerprint density at radius 2 is 1.82 bits per heavy atom. The van der Waals surface area contributed by atoms with E-state index in [9.17, 15) is 13.2 Å². The van der Waals surface area contributed by atoms with E-state index in [-0.39, 0.29) is 11.5 Å². The zero-order valence-electron chi connectivity index (χ0n) is 12.0. The molecule has 0 spiro atoms. The Labute approximate surface area is 123 Å². The second kappa shape index (κ2) is 4.68. The predicted molar refractivity (Wildman–Crippen MR) is 70.1 cm³/mol. The summed E-state index contributed by atoms with van der Waals surface area (Å²) in [5.41, 5.74) is -0.753. The third-order valence-corrected chi connectivity index (χ3v) is 3.12. The molecule has 0 radical (unpaired) electrons. The summed E-state index contributed by atoms with van der Waals surface area (Å²) in [5.74, 6) is 1.29. The van der Waals surface area contributed by atoms with Gasteiger partial charge in [-0.1, -0.05) is 0 Å². The van der Waals surface area contributed by atoms with Crippen LogP contribution in [0.15, 0.2) is 18.3 Å². The number of alkyl halides is 3. The topological polar surface area (TPSA) is 66.3 Å². The van der Waals surface area contributed by atoms with Crippen molar-refractivity contribution < 1.29 is 13.2 Å². The molecule has 22 heavy (non-hydrogen) atoms. The third kappa shape index (κ3) is 2.26. The summed E-state index contributed by atoms with van der Waals surface area (Å²) in [6, 6.07) is 2.65. The predicted octanol–water partition coefficient (Wildman–Crippen LogP) is 1.73. The second-order valence-corrected chi connectivity index (χ2v) is 4.74. The highest BCUT2D eigenvalue weighted by molar-refractivity contribution is 5.53. The standard InChI is InChI=1S/C12H12F3N7/c1-7-17-11(22(18-7)10-4-5-16-21(10)3)8-6-9(12(13,14)15)19-20(8)2/h4-6H,1-3H3. The summed E-state index contributed by atoms with van der Waals surface area (Å²) in [6.07, 6.45) is -2.94. The van der Waals surface area contributed by atoms with Gasteiger partial charge < -0.3 is 0 Å². The van der Waals surface area contributed by atoms with Crippen LogP contribution in [0.2, 0.25) is 0 Å². The molecule has 0 N–H and O–H groups in total. The number of aryl methyl sites for hydroxylation is 3. The van der Waals surface area contributed by atoms with E-state index in [2.05, 4.69) is 20.3 Å². The Hall–Kier alpha value is -2.65. The number of nitrogens with zero attached hydrogens (tertiary/aromatic N) is 7. The fourth-order valence-electron chi connectivity index (χ4n) is 2.13. The van der Waals surface area contributed by atoms with Gasteiger partial charge in [-0.2, -0.15) is 28.1 Å². The first kappa shape index (κ1) is 14.3. The highest BCUT2D eigenvalue weighted by Gasteiger charge is 2.35. The first-order valence-corrected chi connectivity index (χ1v) is 6.31. The van der Waals surface area contributed by atoms with Crippen LogP contribution in [0.4, 0.5) is 13.2 Å². The van der Waals surface area contributed by atoms with E-state index in [4.69, 9.17) is 0 Å². The van der Waals surface area contributed by atoms with Gasteiger partial charge in [-0.15, -0.1) is 5.10 Å². The monoisotopic (exact) mass is 311 g/mol. The molecule has 0 aromatic carbocycles. The average Bonchev–Trinajstić information content (AvgIpc) is 3.07. The zero-order valence-corrected chi connectivity index (χ0v) is 12.0. The molecule has 0 saturated carbocycles. The van der Waals surface area contributed by atoms with E-state index in [0.717, 1.165) is 10.7 Å². The fraction of sp³-hybridized carbons (Fsp3) is 0.333. The molecule has 7 nitrogen and oxygen atoms in total. The molecule has 0 saturated heterocycles. The molecule has 0 aliphatic carbocycles. The molecule has 0 bridgehead atoms. The van der Waals surface area contributed by atoms with Gasteiger partial charge >= 0.3 is 6.18 Å². The van der Waals surface area contributed by atoms with Crippen molar-refractivity contribution in [2.75, 3.05) is 0 Å². The fourth-order valence-corrected chi connectivity index (χ4v) is 2.13. The Morgan fingerprint density at radius 1 is 1.09 bits per heavy atom. The van der Waals surface area contributed by atoms with Gasteiger partial charge in [0.2, 0.25) is 0 Å². The minimum absolute atomic E-state index is 0.217. The molecule has 0 atom stereocenters. The number of halogens is 3. The Bertz CT molecular complexity index is 824. The van der Waals surface area contributed by atoms with Crippen LogP contribution >= 0.6 is 0 Å². The highest BCUT2D eigenvalue weighted by atomic mass is 19.4. The zero-order chi connectivity index (χ0) is 16.1. The number of hydrogen-bond acceptors (Lipinski definition) is 4. The summed E-state index contributed by atoms with van der Waals surface area (Å²) >= 11 is 0. The van der Waals surface area contributed by atoms with Gasteiger partial charge in [-0.05, 0) is 13.0 Å². The van der Waals surface area contributed by atoms with Crippen molar-refractivity contribution in [1.82, 2.24) is 34.3 Å². The van der Waals surface area contributed by atoms with Crippen molar-refractivity contribution in [3.63, 3.8) is 0 Å². The summed E-state index contributed by atoms with van der Waals surface area (Å²) in [6.45, 7) is 1.66. The minimum atomic E-state index is -4.51. The second-order valence-electron chi connectivity index (χ2n) is 4.74. The molecule has 0 unspecified atom stereocenters. The van der Waals surface area contributed by atoms with Crippen LogP contribution in [0.5, 0.6) is 0 Å². The molecule has 10 heteroatoms. The highest BCUT2D eigenvalue weighted by Crippen LogP contribution is 2.31. The lowest BCUT2D eigenvalue weighted by Gasteiger charge is -2.05. The van der Waals surface area contributed by atoms with E-state index >= 15 is 0 Å². The molecule has 0 aliphatic rings. The van der Waals surface area contributed by atoms with Crippen LogP contribution in [0.25, 0.3) is 17.3 Å². The maximum absolute atomic E-state index is 12.8. The number of hydrogen-bond donors (Lipinski definition) is 0. The van der Waals surface area contributed by atoms with E-state index < -0.39 is 11.9 Å². The smallest absolute Gasteiger partial charge is 0.264 e. The van der Waals surface area contributed by atoms with E-state index in [1.807, 2.05) is 0 Å². The van der Waals surface area contributed by atoms with E-state index in [1.54, 1.807) is 30.9 Å². The van der Waals surface area contributed by atoms with Gasteiger partial charge in [0.05, 0.1) is 6.20 Å². The van der Waals surface area contributed by atoms with E-state index in [0.29, 0.717) is 11.6 Å². The first-order valence-electron chi connectivity index (χ1n) is 6.31. The van der Waals surface area contributed by atoms with E-state index in [1.165, 1.54) is 11.7 Å². The lowest BCUT2D eigenvalue weighted by molar-refractivity contribution is -0.141. The summed E-state index contributed by atoms with van der Waals surface area (Å²) in [5, 5.41) is 11.8. The minimum Gasteiger partial charge on any atom is -0.264 e. The molecule has 116 valence electrons. The third-order valence-electron chi connectivity index (χ3n) is 3.12. The van der Waals surface area contributed by atoms with Gasteiger partial charge in [0, 0.05) is 20.2 Å². The molecular formula is C12H12F3N7. The van der Waals surface area contributed by atoms with Crippen molar-refractivity contribution in [3.8, 4) is 17.3 Å².